The number of fused-ring (bicyclic) bond motifs is 1. The third kappa shape index (κ3) is 1.31. The van der Waals surface area contributed by atoms with E-state index >= 15 is 0 Å². The van der Waals surface area contributed by atoms with Gasteiger partial charge in [-0.25, -0.2) is 0 Å². The molecule has 80 valence electrons. The second kappa shape index (κ2) is 3.18. The number of hydrogen-bond donors (Lipinski definition) is 0. The summed E-state index contributed by atoms with van der Waals surface area (Å²) in [5.41, 5.74) is 2.90. The summed E-state index contributed by atoms with van der Waals surface area (Å²) >= 11 is 1.88. The average Bonchev–Trinajstić information content (AvgIpc) is 2.93. The lowest BCUT2D eigenvalue weighted by atomic mass is 9.86. The molecule has 15 heavy (non-hydrogen) atoms. The Morgan fingerprint density at radius 3 is 2.73 bits per heavy atom. The molecule has 0 spiro atoms. The molecule has 3 rings (SSSR count). The SMILES string of the molecule is CC(=O)C1(c2csc3c2CCCC3)CC1. The highest BCUT2D eigenvalue weighted by Crippen LogP contribution is 2.52. The van der Waals surface area contributed by atoms with Gasteiger partial charge in [-0.1, -0.05) is 0 Å². The van der Waals surface area contributed by atoms with Gasteiger partial charge in [0, 0.05) is 4.88 Å². The van der Waals surface area contributed by atoms with E-state index in [9.17, 15) is 4.79 Å². The van der Waals surface area contributed by atoms with Crippen LogP contribution < -0.4 is 0 Å². The summed E-state index contributed by atoms with van der Waals surface area (Å²) in [5, 5.41) is 2.27. The van der Waals surface area contributed by atoms with Gasteiger partial charge in [0.2, 0.25) is 0 Å². The van der Waals surface area contributed by atoms with Crippen LogP contribution in [0.15, 0.2) is 5.38 Å². The average molecular weight is 220 g/mol. The van der Waals surface area contributed by atoms with Crippen LogP contribution >= 0.6 is 11.3 Å². The fourth-order valence-corrected chi connectivity index (χ4v) is 4.08. The lowest BCUT2D eigenvalue weighted by Crippen LogP contribution is -2.18. The van der Waals surface area contributed by atoms with Gasteiger partial charge in [0.15, 0.2) is 0 Å². The van der Waals surface area contributed by atoms with Gasteiger partial charge in [-0.2, -0.15) is 0 Å². The minimum absolute atomic E-state index is 0.0403. The Balaban J connectivity index is 2.06. The van der Waals surface area contributed by atoms with Gasteiger partial charge in [0.25, 0.3) is 0 Å². The van der Waals surface area contributed by atoms with Crippen molar-refractivity contribution in [3.05, 3.63) is 21.4 Å². The molecule has 1 aromatic rings. The van der Waals surface area contributed by atoms with Crippen LogP contribution in [0.1, 0.15) is 48.6 Å². The third-order valence-electron chi connectivity index (χ3n) is 4.00. The maximum Gasteiger partial charge on any atom is 0.140 e. The molecule has 0 amide bonds. The number of ketones is 1. The quantitative estimate of drug-likeness (QED) is 0.747. The summed E-state index contributed by atoms with van der Waals surface area (Å²) in [6, 6.07) is 0. The molecule has 0 radical (unpaired) electrons. The molecule has 0 N–H and O–H groups in total. The predicted molar refractivity (Wildman–Crippen MR) is 62.6 cm³/mol. The van der Waals surface area contributed by atoms with Crippen molar-refractivity contribution in [1.29, 1.82) is 0 Å². The van der Waals surface area contributed by atoms with Crippen LogP contribution in [0.5, 0.6) is 0 Å². The van der Waals surface area contributed by atoms with Gasteiger partial charge in [-0.3, -0.25) is 4.79 Å². The molecule has 1 saturated carbocycles. The standard InChI is InChI=1S/C13H16OS/c1-9(14)13(6-7-13)11-8-15-12-5-3-2-4-10(11)12/h8H,2-7H2,1H3. The van der Waals surface area contributed by atoms with Crippen molar-refractivity contribution < 1.29 is 4.79 Å². The van der Waals surface area contributed by atoms with Crippen LogP contribution in [0, 0.1) is 0 Å². The van der Waals surface area contributed by atoms with Crippen LogP contribution in [0.2, 0.25) is 0 Å². The van der Waals surface area contributed by atoms with E-state index in [1.54, 1.807) is 17.4 Å². The molecule has 2 aliphatic rings. The van der Waals surface area contributed by atoms with Crippen molar-refractivity contribution in [3.63, 3.8) is 0 Å². The Bertz CT molecular complexity index is 412. The second-order valence-corrected chi connectivity index (χ2v) is 5.86. The third-order valence-corrected chi connectivity index (χ3v) is 5.09. The molecule has 0 atom stereocenters. The maximum atomic E-state index is 11.7. The van der Waals surface area contributed by atoms with E-state index in [1.807, 2.05) is 11.3 Å². The summed E-state index contributed by atoms with van der Waals surface area (Å²) in [6.45, 7) is 1.76. The molecule has 2 heteroatoms. The molecule has 1 heterocycles. The van der Waals surface area contributed by atoms with Crippen molar-refractivity contribution in [2.75, 3.05) is 0 Å². The van der Waals surface area contributed by atoms with Crippen LogP contribution in [-0.2, 0) is 23.1 Å². The van der Waals surface area contributed by atoms with Crippen LogP contribution in [0.4, 0.5) is 0 Å². The second-order valence-electron chi connectivity index (χ2n) is 4.90. The summed E-state index contributed by atoms with van der Waals surface area (Å²) in [6.07, 6.45) is 7.28. The molecule has 1 nitrogen and oxygen atoms in total. The van der Waals surface area contributed by atoms with Crippen molar-refractivity contribution in [2.24, 2.45) is 0 Å². The number of rotatable bonds is 2. The zero-order chi connectivity index (χ0) is 10.5. The summed E-state index contributed by atoms with van der Waals surface area (Å²) in [5.74, 6) is 0.383. The molecular weight excluding hydrogens is 204 g/mol. The highest BCUT2D eigenvalue weighted by Gasteiger charge is 2.50. The number of Topliss-reactive ketones (excluding diaryl/α,β-unsaturated/α-hetero) is 1. The molecule has 0 aliphatic heterocycles. The van der Waals surface area contributed by atoms with E-state index in [4.69, 9.17) is 0 Å². The van der Waals surface area contributed by atoms with Crippen molar-refractivity contribution in [2.45, 2.75) is 50.9 Å². The van der Waals surface area contributed by atoms with Gasteiger partial charge >= 0.3 is 0 Å². The van der Waals surface area contributed by atoms with Gasteiger partial charge in [-0.15, -0.1) is 11.3 Å². The Hall–Kier alpha value is -0.630. The first-order valence-electron chi connectivity index (χ1n) is 5.85. The molecule has 0 bridgehead atoms. The van der Waals surface area contributed by atoms with Crippen LogP contribution in [-0.4, -0.2) is 5.78 Å². The van der Waals surface area contributed by atoms with E-state index in [0.29, 0.717) is 5.78 Å². The molecule has 1 fully saturated rings. The molecule has 0 saturated heterocycles. The number of carbonyl (C=O) groups is 1. The fourth-order valence-electron chi connectivity index (χ4n) is 2.83. The summed E-state index contributed by atoms with van der Waals surface area (Å²) in [4.78, 5) is 13.3. The minimum Gasteiger partial charge on any atom is -0.299 e. The number of aryl methyl sites for hydroxylation is 1. The molecule has 0 aromatic carbocycles. The van der Waals surface area contributed by atoms with Crippen molar-refractivity contribution >= 4 is 17.1 Å². The first-order valence-corrected chi connectivity index (χ1v) is 6.73. The van der Waals surface area contributed by atoms with E-state index in [0.717, 1.165) is 12.8 Å². The van der Waals surface area contributed by atoms with Gasteiger partial charge in [-0.05, 0) is 62.0 Å². The highest BCUT2D eigenvalue weighted by atomic mass is 32.1. The lowest BCUT2D eigenvalue weighted by Gasteiger charge is -2.17. The van der Waals surface area contributed by atoms with Crippen molar-refractivity contribution in [1.82, 2.24) is 0 Å². The first kappa shape index (κ1) is 9.59. The zero-order valence-electron chi connectivity index (χ0n) is 9.14. The molecular formula is C13H16OS. The topological polar surface area (TPSA) is 17.1 Å². The number of thiophene rings is 1. The van der Waals surface area contributed by atoms with E-state index in [-0.39, 0.29) is 5.41 Å². The fraction of sp³-hybridized carbons (Fsp3) is 0.615. The summed E-state index contributed by atoms with van der Waals surface area (Å²) in [7, 11) is 0. The smallest absolute Gasteiger partial charge is 0.140 e. The minimum atomic E-state index is -0.0403. The van der Waals surface area contributed by atoms with Crippen molar-refractivity contribution in [3.8, 4) is 0 Å². The van der Waals surface area contributed by atoms with E-state index < -0.39 is 0 Å². The highest BCUT2D eigenvalue weighted by molar-refractivity contribution is 7.10. The Morgan fingerprint density at radius 2 is 2.07 bits per heavy atom. The molecule has 1 aromatic heterocycles. The summed E-state index contributed by atoms with van der Waals surface area (Å²) < 4.78 is 0. The number of carbonyl (C=O) groups excluding carboxylic acids is 1. The first-order chi connectivity index (χ1) is 7.24. The van der Waals surface area contributed by atoms with Gasteiger partial charge in [0.05, 0.1) is 5.41 Å². The zero-order valence-corrected chi connectivity index (χ0v) is 9.95. The van der Waals surface area contributed by atoms with Gasteiger partial charge in [0.1, 0.15) is 5.78 Å². The van der Waals surface area contributed by atoms with Crippen LogP contribution in [0.25, 0.3) is 0 Å². The Morgan fingerprint density at radius 1 is 1.33 bits per heavy atom. The van der Waals surface area contributed by atoms with Gasteiger partial charge < -0.3 is 0 Å². The molecule has 0 unspecified atom stereocenters. The Labute approximate surface area is 94.5 Å². The van der Waals surface area contributed by atoms with E-state index in [2.05, 4.69) is 5.38 Å². The largest absolute Gasteiger partial charge is 0.299 e. The maximum absolute atomic E-state index is 11.7. The predicted octanol–water partition coefficient (Wildman–Crippen LogP) is 3.25. The lowest BCUT2D eigenvalue weighted by molar-refractivity contribution is -0.119. The normalized spacial score (nSPS) is 22.2. The number of hydrogen-bond acceptors (Lipinski definition) is 2. The monoisotopic (exact) mass is 220 g/mol. The van der Waals surface area contributed by atoms with E-state index in [1.165, 1.54) is 31.2 Å². The molecule has 2 aliphatic carbocycles. The Kier molecular flexibility index (Phi) is 2.03. The van der Waals surface area contributed by atoms with Crippen LogP contribution in [0.3, 0.4) is 0 Å².